The van der Waals surface area contributed by atoms with Gasteiger partial charge in [0, 0.05) is 25.5 Å². The van der Waals surface area contributed by atoms with E-state index < -0.39 is 6.04 Å². The van der Waals surface area contributed by atoms with E-state index in [0.29, 0.717) is 5.69 Å². The van der Waals surface area contributed by atoms with Crippen molar-refractivity contribution in [2.75, 3.05) is 24.3 Å². The largest absolute Gasteiger partial charge is 0.378 e. The summed E-state index contributed by atoms with van der Waals surface area (Å²) < 4.78 is 13.1. The van der Waals surface area contributed by atoms with E-state index in [1.165, 1.54) is 12.1 Å². The van der Waals surface area contributed by atoms with Crippen molar-refractivity contribution in [1.29, 1.82) is 5.26 Å². The lowest BCUT2D eigenvalue weighted by molar-refractivity contribution is 0.628. The van der Waals surface area contributed by atoms with Crippen LogP contribution < -0.4 is 10.2 Å². The molecule has 0 saturated heterocycles. The second-order valence-corrected chi connectivity index (χ2v) is 4.70. The number of nitrogens with one attached hydrogen (secondary N) is 1. The molecule has 0 heterocycles. The Morgan fingerprint density at radius 2 is 1.85 bits per heavy atom. The lowest BCUT2D eigenvalue weighted by atomic mass is 10.1. The van der Waals surface area contributed by atoms with E-state index >= 15 is 0 Å². The number of nitrogens with zero attached hydrogens (tertiary/aromatic N) is 2. The Morgan fingerprint density at radius 3 is 2.40 bits per heavy atom. The summed E-state index contributed by atoms with van der Waals surface area (Å²) in [4.78, 5) is 1.99. The summed E-state index contributed by atoms with van der Waals surface area (Å²) in [6, 6.07) is 15.5. The molecule has 0 aliphatic rings. The molecule has 0 radical (unpaired) electrons. The van der Waals surface area contributed by atoms with Crippen LogP contribution in [0.3, 0.4) is 0 Å². The molecule has 0 fully saturated rings. The minimum Gasteiger partial charge on any atom is -0.378 e. The van der Waals surface area contributed by atoms with Crippen LogP contribution in [0.5, 0.6) is 0 Å². The standard InChI is InChI=1S/C16H16FN3/c1-20(2)15-8-6-12(7-9-15)16(11-18)19-14-5-3-4-13(17)10-14/h3-10,16,19H,1-2H3. The van der Waals surface area contributed by atoms with Gasteiger partial charge in [0.25, 0.3) is 0 Å². The van der Waals surface area contributed by atoms with E-state index in [2.05, 4.69) is 11.4 Å². The zero-order valence-corrected chi connectivity index (χ0v) is 11.5. The number of rotatable bonds is 4. The Kier molecular flexibility index (Phi) is 4.21. The van der Waals surface area contributed by atoms with Crippen LogP contribution in [0.2, 0.25) is 0 Å². The third-order valence-electron chi connectivity index (χ3n) is 3.01. The summed E-state index contributed by atoms with van der Waals surface area (Å²) >= 11 is 0. The third-order valence-corrected chi connectivity index (χ3v) is 3.01. The molecule has 1 N–H and O–H groups in total. The van der Waals surface area contributed by atoms with Gasteiger partial charge in [-0.05, 0) is 35.9 Å². The minimum atomic E-state index is -0.506. The molecule has 1 atom stereocenters. The number of anilines is 2. The second kappa shape index (κ2) is 6.07. The van der Waals surface area contributed by atoms with Gasteiger partial charge in [0.05, 0.1) is 6.07 Å². The lowest BCUT2D eigenvalue weighted by Gasteiger charge is -2.16. The average molecular weight is 269 g/mol. The molecule has 0 amide bonds. The first-order valence-electron chi connectivity index (χ1n) is 6.29. The number of hydrogen-bond donors (Lipinski definition) is 1. The summed E-state index contributed by atoms with van der Waals surface area (Å²) in [7, 11) is 3.92. The maximum Gasteiger partial charge on any atom is 0.140 e. The van der Waals surface area contributed by atoms with Crippen LogP contribution in [-0.2, 0) is 0 Å². The van der Waals surface area contributed by atoms with Crippen molar-refractivity contribution in [2.24, 2.45) is 0 Å². The molecule has 1 unspecified atom stereocenters. The van der Waals surface area contributed by atoms with Gasteiger partial charge in [-0.25, -0.2) is 4.39 Å². The quantitative estimate of drug-likeness (QED) is 0.922. The van der Waals surface area contributed by atoms with E-state index in [1.807, 2.05) is 43.3 Å². The summed E-state index contributed by atoms with van der Waals surface area (Å²) in [5, 5.41) is 12.3. The Labute approximate surface area is 118 Å². The average Bonchev–Trinajstić information content (AvgIpc) is 2.45. The minimum absolute atomic E-state index is 0.324. The van der Waals surface area contributed by atoms with Crippen molar-refractivity contribution in [3.8, 4) is 6.07 Å². The van der Waals surface area contributed by atoms with Crippen molar-refractivity contribution in [3.05, 3.63) is 59.9 Å². The van der Waals surface area contributed by atoms with Gasteiger partial charge < -0.3 is 10.2 Å². The summed E-state index contributed by atoms with van der Waals surface area (Å²) in [6.07, 6.45) is 0. The van der Waals surface area contributed by atoms with Gasteiger partial charge in [-0.3, -0.25) is 0 Å². The second-order valence-electron chi connectivity index (χ2n) is 4.70. The van der Waals surface area contributed by atoms with Gasteiger partial charge in [-0.1, -0.05) is 18.2 Å². The molecule has 0 aromatic heterocycles. The Hall–Kier alpha value is -2.54. The first-order chi connectivity index (χ1) is 9.60. The molecule has 2 aromatic carbocycles. The van der Waals surface area contributed by atoms with Crippen LogP contribution in [0.4, 0.5) is 15.8 Å². The van der Waals surface area contributed by atoms with Gasteiger partial charge in [0.1, 0.15) is 11.9 Å². The van der Waals surface area contributed by atoms with Crippen LogP contribution in [0.1, 0.15) is 11.6 Å². The molecule has 0 aliphatic carbocycles. The lowest BCUT2D eigenvalue weighted by Crippen LogP contribution is -2.11. The molecule has 2 aromatic rings. The van der Waals surface area contributed by atoms with E-state index in [0.717, 1.165) is 11.3 Å². The van der Waals surface area contributed by atoms with Crippen LogP contribution in [0.25, 0.3) is 0 Å². The van der Waals surface area contributed by atoms with Gasteiger partial charge in [0.15, 0.2) is 0 Å². The molecule has 4 heteroatoms. The van der Waals surface area contributed by atoms with Crippen molar-refractivity contribution in [2.45, 2.75) is 6.04 Å². The predicted molar refractivity (Wildman–Crippen MR) is 79.1 cm³/mol. The Bertz CT molecular complexity index is 614. The SMILES string of the molecule is CN(C)c1ccc(C(C#N)Nc2cccc(F)c2)cc1. The highest BCUT2D eigenvalue weighted by atomic mass is 19.1. The van der Waals surface area contributed by atoms with Gasteiger partial charge >= 0.3 is 0 Å². The molecule has 0 spiro atoms. The molecular weight excluding hydrogens is 253 g/mol. The normalized spacial score (nSPS) is 11.5. The molecular formula is C16H16FN3. The first-order valence-corrected chi connectivity index (χ1v) is 6.29. The zero-order valence-electron chi connectivity index (χ0n) is 11.5. The maximum absolute atomic E-state index is 13.1. The van der Waals surface area contributed by atoms with Crippen molar-refractivity contribution in [3.63, 3.8) is 0 Å². The van der Waals surface area contributed by atoms with E-state index in [9.17, 15) is 9.65 Å². The topological polar surface area (TPSA) is 39.1 Å². The smallest absolute Gasteiger partial charge is 0.140 e. The Morgan fingerprint density at radius 1 is 1.15 bits per heavy atom. The molecule has 3 nitrogen and oxygen atoms in total. The maximum atomic E-state index is 13.1. The fourth-order valence-electron chi connectivity index (χ4n) is 1.90. The van der Waals surface area contributed by atoms with E-state index in [-0.39, 0.29) is 5.82 Å². The summed E-state index contributed by atoms with van der Waals surface area (Å²) in [6.45, 7) is 0. The van der Waals surface area contributed by atoms with Crippen molar-refractivity contribution >= 4 is 11.4 Å². The highest BCUT2D eigenvalue weighted by Gasteiger charge is 2.10. The zero-order chi connectivity index (χ0) is 14.5. The molecule has 0 saturated carbocycles. The van der Waals surface area contributed by atoms with Gasteiger partial charge in [-0.15, -0.1) is 0 Å². The number of nitriles is 1. The number of hydrogen-bond acceptors (Lipinski definition) is 3. The van der Waals surface area contributed by atoms with Crippen LogP contribution >= 0.6 is 0 Å². The van der Waals surface area contributed by atoms with Crippen molar-refractivity contribution in [1.82, 2.24) is 0 Å². The first kappa shape index (κ1) is 13.9. The highest BCUT2D eigenvalue weighted by molar-refractivity contribution is 5.51. The predicted octanol–water partition coefficient (Wildman–Crippen LogP) is 3.57. The number of halogens is 1. The fraction of sp³-hybridized carbons (Fsp3) is 0.188. The summed E-state index contributed by atoms with van der Waals surface area (Å²) in [5.74, 6) is -0.324. The monoisotopic (exact) mass is 269 g/mol. The van der Waals surface area contributed by atoms with E-state index in [1.54, 1.807) is 12.1 Å². The molecule has 0 aliphatic heterocycles. The Balaban J connectivity index is 2.18. The molecule has 0 bridgehead atoms. The highest BCUT2D eigenvalue weighted by Crippen LogP contribution is 2.22. The van der Waals surface area contributed by atoms with Gasteiger partial charge in [-0.2, -0.15) is 5.26 Å². The fourth-order valence-corrected chi connectivity index (χ4v) is 1.90. The van der Waals surface area contributed by atoms with E-state index in [4.69, 9.17) is 0 Å². The van der Waals surface area contributed by atoms with Crippen LogP contribution in [0.15, 0.2) is 48.5 Å². The number of benzene rings is 2. The third kappa shape index (κ3) is 3.27. The van der Waals surface area contributed by atoms with Gasteiger partial charge in [0.2, 0.25) is 0 Å². The summed E-state index contributed by atoms with van der Waals surface area (Å²) in [5.41, 5.74) is 2.51. The van der Waals surface area contributed by atoms with Crippen LogP contribution in [0, 0.1) is 17.1 Å². The molecule has 102 valence electrons. The molecule has 2 rings (SSSR count). The van der Waals surface area contributed by atoms with Crippen LogP contribution in [-0.4, -0.2) is 14.1 Å². The molecule has 20 heavy (non-hydrogen) atoms. The van der Waals surface area contributed by atoms with Crippen molar-refractivity contribution < 1.29 is 4.39 Å².